The number of rotatable bonds is 2. The molecular formula is C19H25N3O2. The van der Waals surface area contributed by atoms with E-state index in [1.54, 1.807) is 0 Å². The number of carbonyl (C=O) groups excluding carboxylic acids is 2. The minimum Gasteiger partial charge on any atom is -0.339 e. The first-order valence-corrected chi connectivity index (χ1v) is 8.93. The third-order valence-corrected chi connectivity index (χ3v) is 6.25. The van der Waals surface area contributed by atoms with Gasteiger partial charge < -0.3 is 15.1 Å². The summed E-state index contributed by atoms with van der Waals surface area (Å²) in [4.78, 5) is 29.7. The van der Waals surface area contributed by atoms with Crippen molar-refractivity contribution < 1.29 is 9.59 Å². The molecule has 0 atom stereocenters. The smallest absolute Gasteiger partial charge is 0.255 e. The molecule has 0 bridgehead atoms. The van der Waals surface area contributed by atoms with Crippen molar-refractivity contribution in [3.05, 3.63) is 29.3 Å². The first-order valence-electron chi connectivity index (χ1n) is 8.93. The Hall–Kier alpha value is -1.88. The van der Waals surface area contributed by atoms with Crippen molar-refractivity contribution in [2.45, 2.75) is 43.6 Å². The Bertz CT molecular complexity index is 688. The monoisotopic (exact) mass is 327 g/mol. The van der Waals surface area contributed by atoms with Crippen LogP contribution >= 0.6 is 0 Å². The predicted octanol–water partition coefficient (Wildman–Crippen LogP) is 2.23. The van der Waals surface area contributed by atoms with Gasteiger partial charge in [0.15, 0.2) is 0 Å². The van der Waals surface area contributed by atoms with Gasteiger partial charge in [0.05, 0.1) is 16.7 Å². The lowest BCUT2D eigenvalue weighted by Gasteiger charge is -2.36. The average Bonchev–Trinajstić information content (AvgIpc) is 2.86. The summed E-state index contributed by atoms with van der Waals surface area (Å²) in [5, 5.41) is 3.01. The fourth-order valence-corrected chi connectivity index (χ4v) is 4.38. The predicted molar refractivity (Wildman–Crippen MR) is 93.2 cm³/mol. The lowest BCUT2D eigenvalue weighted by molar-refractivity contribution is -0.123. The normalized spacial score (nSPS) is 22.8. The molecular weight excluding hydrogens is 302 g/mol. The molecule has 1 saturated heterocycles. The fraction of sp³-hybridized carbons (Fsp3) is 0.579. The standard InChI is InChI=1S/C19H25N3O2/c1-21-11-7-13(8-12-21)22(2)17(23)14-5-3-6-15-16(14)20-18(24)19(15)9-4-10-19/h3,5-6,13H,4,7-12H2,1-2H3,(H,20,24). The number of fused-ring (bicyclic) bond motifs is 2. The second-order valence-corrected chi connectivity index (χ2v) is 7.57. The van der Waals surface area contributed by atoms with Gasteiger partial charge in [-0.1, -0.05) is 18.6 Å². The van der Waals surface area contributed by atoms with Gasteiger partial charge in [-0.2, -0.15) is 0 Å². The van der Waals surface area contributed by atoms with Crippen LogP contribution in [0, 0.1) is 0 Å². The summed E-state index contributed by atoms with van der Waals surface area (Å²) in [6, 6.07) is 6.07. The maximum absolute atomic E-state index is 13.1. The van der Waals surface area contributed by atoms with Gasteiger partial charge >= 0.3 is 0 Å². The zero-order chi connectivity index (χ0) is 16.9. The van der Waals surface area contributed by atoms with Crippen LogP contribution in [0.15, 0.2) is 18.2 Å². The molecule has 1 aromatic rings. The minimum atomic E-state index is -0.363. The van der Waals surface area contributed by atoms with Crippen LogP contribution in [0.1, 0.15) is 48.0 Å². The Kier molecular flexibility index (Phi) is 3.64. The summed E-state index contributed by atoms with van der Waals surface area (Å²) in [6.45, 7) is 2.05. The molecule has 2 aliphatic heterocycles. The van der Waals surface area contributed by atoms with Crippen molar-refractivity contribution in [3.63, 3.8) is 0 Å². The number of anilines is 1. The van der Waals surface area contributed by atoms with Crippen LogP contribution in [0.2, 0.25) is 0 Å². The molecule has 0 radical (unpaired) electrons. The molecule has 0 aromatic heterocycles. The molecule has 1 saturated carbocycles. The van der Waals surface area contributed by atoms with Gasteiger partial charge in [-0.05, 0) is 57.5 Å². The summed E-state index contributed by atoms with van der Waals surface area (Å²) < 4.78 is 0. The zero-order valence-electron chi connectivity index (χ0n) is 14.5. The van der Waals surface area contributed by atoms with Crippen molar-refractivity contribution in [3.8, 4) is 0 Å². The maximum atomic E-state index is 13.1. The highest BCUT2D eigenvalue weighted by Gasteiger charge is 2.51. The number of likely N-dealkylation sites (tertiary alicyclic amines) is 1. The van der Waals surface area contributed by atoms with Gasteiger partial charge in [-0.25, -0.2) is 0 Å². The second-order valence-electron chi connectivity index (χ2n) is 7.57. The number of nitrogens with zero attached hydrogens (tertiary/aromatic N) is 2. The molecule has 0 unspecified atom stereocenters. The first-order chi connectivity index (χ1) is 11.5. The summed E-state index contributed by atoms with van der Waals surface area (Å²) >= 11 is 0. The van der Waals surface area contributed by atoms with E-state index in [2.05, 4.69) is 17.3 Å². The molecule has 1 aliphatic carbocycles. The molecule has 5 nitrogen and oxygen atoms in total. The van der Waals surface area contributed by atoms with E-state index in [-0.39, 0.29) is 23.3 Å². The Labute approximate surface area is 143 Å². The van der Waals surface area contributed by atoms with Gasteiger partial charge in [0, 0.05) is 13.1 Å². The number of amides is 2. The molecule has 2 heterocycles. The van der Waals surface area contributed by atoms with Crippen molar-refractivity contribution in [1.29, 1.82) is 0 Å². The number of carbonyl (C=O) groups is 2. The van der Waals surface area contributed by atoms with E-state index in [0.29, 0.717) is 5.56 Å². The maximum Gasteiger partial charge on any atom is 0.255 e. The lowest BCUT2D eigenvalue weighted by atomic mass is 9.65. The third-order valence-electron chi connectivity index (χ3n) is 6.25. The van der Waals surface area contributed by atoms with Crippen LogP contribution in [0.5, 0.6) is 0 Å². The molecule has 1 spiro atoms. The molecule has 2 fully saturated rings. The lowest BCUT2D eigenvalue weighted by Crippen LogP contribution is -2.44. The molecule has 3 aliphatic rings. The Morgan fingerprint density at radius 1 is 1.29 bits per heavy atom. The van der Waals surface area contributed by atoms with Crippen LogP contribution in [-0.2, 0) is 10.2 Å². The van der Waals surface area contributed by atoms with E-state index in [1.807, 2.05) is 30.1 Å². The second kappa shape index (κ2) is 5.59. The van der Waals surface area contributed by atoms with E-state index in [0.717, 1.165) is 56.4 Å². The van der Waals surface area contributed by atoms with Crippen LogP contribution < -0.4 is 5.32 Å². The molecule has 1 N–H and O–H groups in total. The third kappa shape index (κ3) is 2.18. The van der Waals surface area contributed by atoms with E-state index in [9.17, 15) is 9.59 Å². The number of para-hydroxylation sites is 1. The Morgan fingerprint density at radius 3 is 2.62 bits per heavy atom. The summed E-state index contributed by atoms with van der Waals surface area (Å²) in [5.74, 6) is 0.101. The number of hydrogen-bond donors (Lipinski definition) is 1. The van der Waals surface area contributed by atoms with Crippen molar-refractivity contribution in [2.75, 3.05) is 32.5 Å². The van der Waals surface area contributed by atoms with Gasteiger partial charge in [-0.3, -0.25) is 9.59 Å². The first kappa shape index (κ1) is 15.6. The van der Waals surface area contributed by atoms with E-state index in [4.69, 9.17) is 0 Å². The van der Waals surface area contributed by atoms with E-state index < -0.39 is 0 Å². The quantitative estimate of drug-likeness (QED) is 0.906. The Morgan fingerprint density at radius 2 is 2.00 bits per heavy atom. The van der Waals surface area contributed by atoms with Crippen molar-refractivity contribution in [1.82, 2.24) is 9.80 Å². The fourth-order valence-electron chi connectivity index (χ4n) is 4.38. The number of piperidine rings is 1. The van der Waals surface area contributed by atoms with Gasteiger partial charge in [0.2, 0.25) is 5.91 Å². The largest absolute Gasteiger partial charge is 0.339 e. The van der Waals surface area contributed by atoms with E-state index in [1.165, 1.54) is 0 Å². The van der Waals surface area contributed by atoms with Crippen LogP contribution in [0.3, 0.4) is 0 Å². The number of hydrogen-bond acceptors (Lipinski definition) is 3. The molecule has 128 valence electrons. The minimum absolute atomic E-state index is 0.0260. The SMILES string of the molecule is CN1CCC(N(C)C(=O)c2cccc3c2NC(=O)C32CCC2)CC1. The van der Waals surface area contributed by atoms with Gasteiger partial charge in [0.1, 0.15) is 0 Å². The number of benzene rings is 1. The summed E-state index contributed by atoms with van der Waals surface area (Å²) in [5.41, 5.74) is 2.07. The van der Waals surface area contributed by atoms with Crippen LogP contribution in [0.25, 0.3) is 0 Å². The molecule has 5 heteroatoms. The van der Waals surface area contributed by atoms with Crippen molar-refractivity contribution in [2.24, 2.45) is 0 Å². The van der Waals surface area contributed by atoms with Crippen molar-refractivity contribution >= 4 is 17.5 Å². The average molecular weight is 327 g/mol. The van der Waals surface area contributed by atoms with Gasteiger partial charge in [0.25, 0.3) is 5.91 Å². The van der Waals surface area contributed by atoms with Crippen LogP contribution in [0.4, 0.5) is 5.69 Å². The zero-order valence-corrected chi connectivity index (χ0v) is 14.5. The molecule has 24 heavy (non-hydrogen) atoms. The highest BCUT2D eigenvalue weighted by Crippen LogP contribution is 2.51. The highest BCUT2D eigenvalue weighted by atomic mass is 16.2. The number of nitrogens with one attached hydrogen (secondary N) is 1. The van der Waals surface area contributed by atoms with E-state index >= 15 is 0 Å². The highest BCUT2D eigenvalue weighted by molar-refractivity contribution is 6.13. The summed E-state index contributed by atoms with van der Waals surface area (Å²) in [7, 11) is 4.02. The topological polar surface area (TPSA) is 52.6 Å². The Balaban J connectivity index is 1.61. The summed E-state index contributed by atoms with van der Waals surface area (Å²) in [6.07, 6.45) is 4.89. The molecule has 1 aromatic carbocycles. The molecule has 2 amide bonds. The van der Waals surface area contributed by atoms with Crippen LogP contribution in [-0.4, -0.2) is 54.8 Å². The van der Waals surface area contributed by atoms with Gasteiger partial charge in [-0.15, -0.1) is 0 Å². The molecule has 4 rings (SSSR count).